The van der Waals surface area contributed by atoms with Crippen LogP contribution in [0.4, 0.5) is 5.69 Å². The Bertz CT molecular complexity index is 347. The molecule has 0 aliphatic rings. The minimum Gasteiger partial charge on any atom is -0.398 e. The molecule has 1 aromatic rings. The molecule has 52 valence electrons. The Labute approximate surface area is 66.2 Å². The van der Waals surface area contributed by atoms with Crippen LogP contribution in [-0.2, 0) is 0 Å². The third kappa shape index (κ3) is 1.78. The van der Waals surface area contributed by atoms with Gasteiger partial charge in [-0.15, -0.1) is 6.42 Å². The highest BCUT2D eigenvalue weighted by Crippen LogP contribution is 2.07. The Balaban J connectivity index is 3.07. The van der Waals surface area contributed by atoms with Gasteiger partial charge < -0.3 is 5.73 Å². The van der Waals surface area contributed by atoms with Crippen LogP contribution in [0.2, 0.25) is 0 Å². The summed E-state index contributed by atoms with van der Waals surface area (Å²) in [5.74, 6) is 7.48. The van der Waals surface area contributed by atoms with E-state index in [9.17, 15) is 0 Å². The molecule has 11 heavy (non-hydrogen) atoms. The molecule has 0 aliphatic heterocycles. The van der Waals surface area contributed by atoms with Crippen LogP contribution >= 0.6 is 0 Å². The van der Waals surface area contributed by atoms with E-state index < -0.39 is 0 Å². The summed E-state index contributed by atoms with van der Waals surface area (Å²) in [7, 11) is 0. The van der Waals surface area contributed by atoms with Gasteiger partial charge >= 0.3 is 0 Å². The van der Waals surface area contributed by atoms with Crippen molar-refractivity contribution in [3.05, 3.63) is 29.8 Å². The molecule has 1 nitrogen and oxygen atoms in total. The fraction of sp³-hybridized carbons (Fsp3) is 0. The number of benzene rings is 1. The first kappa shape index (κ1) is 7.25. The number of hydrogen-bond donors (Lipinski definition) is 1. The SMILES string of the molecule is C#CC#Cc1ccccc1N. The average molecular weight is 141 g/mol. The molecule has 0 heterocycles. The molecule has 2 N–H and O–H groups in total. The molecule has 0 atom stereocenters. The van der Waals surface area contributed by atoms with E-state index in [0.717, 1.165) is 5.56 Å². The van der Waals surface area contributed by atoms with Gasteiger partial charge in [0, 0.05) is 11.3 Å². The highest BCUT2D eigenvalue weighted by molar-refractivity contribution is 5.56. The summed E-state index contributed by atoms with van der Waals surface area (Å²) in [6, 6.07) is 7.35. The molecule has 1 aromatic carbocycles. The van der Waals surface area contributed by atoms with E-state index in [1.807, 2.05) is 18.2 Å². The van der Waals surface area contributed by atoms with Gasteiger partial charge in [-0.3, -0.25) is 0 Å². The lowest BCUT2D eigenvalue weighted by molar-refractivity contribution is 1.63. The lowest BCUT2D eigenvalue weighted by atomic mass is 10.2. The van der Waals surface area contributed by atoms with Crippen molar-refractivity contribution >= 4 is 5.69 Å². The Kier molecular flexibility index (Phi) is 2.20. The van der Waals surface area contributed by atoms with Crippen LogP contribution in [-0.4, -0.2) is 0 Å². The number of nitrogen functional groups attached to an aromatic ring is 1. The molecule has 0 bridgehead atoms. The molecule has 0 aliphatic carbocycles. The monoisotopic (exact) mass is 141 g/mol. The summed E-state index contributed by atoms with van der Waals surface area (Å²) in [4.78, 5) is 0. The molecule has 0 amide bonds. The van der Waals surface area contributed by atoms with Crippen LogP contribution in [0.5, 0.6) is 0 Å². The number of terminal acetylenes is 1. The summed E-state index contributed by atoms with van der Waals surface area (Å²) in [5, 5.41) is 0. The number of rotatable bonds is 0. The standard InChI is InChI=1S/C10H7N/c1-2-3-6-9-7-4-5-8-10(9)11/h1,4-5,7-8H,11H2. The fourth-order valence-corrected chi connectivity index (χ4v) is 0.714. The first-order valence-corrected chi connectivity index (χ1v) is 3.15. The normalized spacial score (nSPS) is 7.55. The minimum atomic E-state index is 0.662. The predicted octanol–water partition coefficient (Wildman–Crippen LogP) is 1.25. The Hall–Kier alpha value is -1.86. The highest BCUT2D eigenvalue weighted by Gasteiger charge is 1.89. The van der Waals surface area contributed by atoms with E-state index in [1.165, 1.54) is 0 Å². The summed E-state index contributed by atoms with van der Waals surface area (Å²) < 4.78 is 0. The van der Waals surface area contributed by atoms with Crippen LogP contribution < -0.4 is 5.73 Å². The van der Waals surface area contributed by atoms with Gasteiger partial charge in [-0.25, -0.2) is 0 Å². The third-order valence-electron chi connectivity index (χ3n) is 1.23. The van der Waals surface area contributed by atoms with Gasteiger partial charge in [-0.1, -0.05) is 18.1 Å². The second kappa shape index (κ2) is 3.34. The quantitative estimate of drug-likeness (QED) is 0.427. The van der Waals surface area contributed by atoms with Gasteiger partial charge in [-0.05, 0) is 24.0 Å². The van der Waals surface area contributed by atoms with E-state index in [2.05, 4.69) is 17.8 Å². The maximum Gasteiger partial charge on any atom is 0.0485 e. The van der Waals surface area contributed by atoms with Crippen LogP contribution in [0.3, 0.4) is 0 Å². The number of nitrogens with two attached hydrogens (primary N) is 1. The van der Waals surface area contributed by atoms with Gasteiger partial charge in [0.25, 0.3) is 0 Å². The van der Waals surface area contributed by atoms with E-state index in [1.54, 1.807) is 6.07 Å². The minimum absolute atomic E-state index is 0.662. The molecule has 0 unspecified atom stereocenters. The number of para-hydroxylation sites is 1. The molecule has 1 rings (SSSR count). The smallest absolute Gasteiger partial charge is 0.0485 e. The molecule has 0 fully saturated rings. The molecule has 0 spiro atoms. The molecule has 1 heteroatoms. The fourth-order valence-electron chi connectivity index (χ4n) is 0.714. The summed E-state index contributed by atoms with van der Waals surface area (Å²) in [6.07, 6.45) is 4.96. The second-order valence-electron chi connectivity index (χ2n) is 1.98. The molecule has 0 radical (unpaired) electrons. The van der Waals surface area contributed by atoms with Crippen LogP contribution in [0.1, 0.15) is 5.56 Å². The van der Waals surface area contributed by atoms with Crippen molar-refractivity contribution in [2.24, 2.45) is 0 Å². The molecule has 0 saturated heterocycles. The van der Waals surface area contributed by atoms with E-state index in [-0.39, 0.29) is 0 Å². The van der Waals surface area contributed by atoms with Gasteiger partial charge in [0.2, 0.25) is 0 Å². The maximum atomic E-state index is 5.59. The Morgan fingerprint density at radius 1 is 1.27 bits per heavy atom. The van der Waals surface area contributed by atoms with Crippen molar-refractivity contribution in [3.8, 4) is 24.2 Å². The van der Waals surface area contributed by atoms with Gasteiger partial charge in [0.05, 0.1) is 0 Å². The van der Waals surface area contributed by atoms with E-state index in [4.69, 9.17) is 12.2 Å². The van der Waals surface area contributed by atoms with Crippen LogP contribution in [0.15, 0.2) is 24.3 Å². The first-order chi connectivity index (χ1) is 5.34. The number of hydrogen-bond acceptors (Lipinski definition) is 1. The van der Waals surface area contributed by atoms with Crippen molar-refractivity contribution in [2.45, 2.75) is 0 Å². The zero-order valence-corrected chi connectivity index (χ0v) is 5.96. The van der Waals surface area contributed by atoms with E-state index in [0.29, 0.717) is 5.69 Å². The summed E-state index contributed by atoms with van der Waals surface area (Å²) in [5.41, 5.74) is 7.04. The highest BCUT2D eigenvalue weighted by atomic mass is 14.5. The third-order valence-corrected chi connectivity index (χ3v) is 1.23. The molecular weight excluding hydrogens is 134 g/mol. The molecule has 0 saturated carbocycles. The van der Waals surface area contributed by atoms with Crippen LogP contribution in [0.25, 0.3) is 0 Å². The summed E-state index contributed by atoms with van der Waals surface area (Å²) in [6.45, 7) is 0. The molecule has 0 aromatic heterocycles. The van der Waals surface area contributed by atoms with Crippen molar-refractivity contribution in [2.75, 3.05) is 5.73 Å². The predicted molar refractivity (Wildman–Crippen MR) is 46.6 cm³/mol. The van der Waals surface area contributed by atoms with Gasteiger partial charge in [-0.2, -0.15) is 0 Å². The van der Waals surface area contributed by atoms with Crippen LogP contribution in [0, 0.1) is 24.2 Å². The second-order valence-corrected chi connectivity index (χ2v) is 1.98. The number of anilines is 1. The van der Waals surface area contributed by atoms with Gasteiger partial charge in [0.15, 0.2) is 0 Å². The average Bonchev–Trinajstić information content (AvgIpc) is 2.03. The zero-order valence-electron chi connectivity index (χ0n) is 5.96. The lowest BCUT2D eigenvalue weighted by Gasteiger charge is -1.93. The van der Waals surface area contributed by atoms with E-state index >= 15 is 0 Å². The van der Waals surface area contributed by atoms with Gasteiger partial charge in [0.1, 0.15) is 0 Å². The Morgan fingerprint density at radius 3 is 2.64 bits per heavy atom. The Morgan fingerprint density at radius 2 is 2.00 bits per heavy atom. The van der Waals surface area contributed by atoms with Crippen molar-refractivity contribution in [1.29, 1.82) is 0 Å². The zero-order chi connectivity index (χ0) is 8.10. The van der Waals surface area contributed by atoms with Crippen molar-refractivity contribution in [1.82, 2.24) is 0 Å². The lowest BCUT2D eigenvalue weighted by Crippen LogP contribution is -1.87. The van der Waals surface area contributed by atoms with Crippen molar-refractivity contribution < 1.29 is 0 Å². The topological polar surface area (TPSA) is 26.0 Å². The largest absolute Gasteiger partial charge is 0.398 e. The first-order valence-electron chi connectivity index (χ1n) is 3.15. The van der Waals surface area contributed by atoms with Crippen molar-refractivity contribution in [3.63, 3.8) is 0 Å². The maximum absolute atomic E-state index is 5.59. The summed E-state index contributed by atoms with van der Waals surface area (Å²) >= 11 is 0. The molecular formula is C10H7N.